The van der Waals surface area contributed by atoms with Gasteiger partial charge in [-0.05, 0) is 18.6 Å². The standard InChI is InChI=1S/C13H17Cl2NO4S/c1-3-4-5-6-16-13(17)10-7-9(14)8-11(12(10)20-2)21(15,18)19/h7-8H,3-6H2,1-2H3,(H,16,17). The van der Waals surface area contributed by atoms with Crippen molar-refractivity contribution in [2.45, 2.75) is 31.1 Å². The summed E-state index contributed by atoms with van der Waals surface area (Å²) in [7, 11) is 2.53. The van der Waals surface area contributed by atoms with Gasteiger partial charge in [0.05, 0.1) is 12.7 Å². The van der Waals surface area contributed by atoms with Crippen LogP contribution in [-0.2, 0) is 9.05 Å². The van der Waals surface area contributed by atoms with E-state index in [0.29, 0.717) is 6.54 Å². The third-order valence-corrected chi connectivity index (χ3v) is 4.34. The average Bonchev–Trinajstić information content (AvgIpc) is 2.41. The number of carbonyl (C=O) groups is 1. The number of unbranched alkanes of at least 4 members (excludes halogenated alkanes) is 2. The molecule has 1 aromatic rings. The fraction of sp³-hybridized carbons (Fsp3) is 0.462. The molecule has 0 saturated heterocycles. The molecule has 1 N–H and O–H groups in total. The summed E-state index contributed by atoms with van der Waals surface area (Å²) in [6.45, 7) is 2.55. The summed E-state index contributed by atoms with van der Waals surface area (Å²) >= 11 is 5.85. The van der Waals surface area contributed by atoms with Gasteiger partial charge in [0.15, 0.2) is 5.75 Å². The van der Waals surface area contributed by atoms with E-state index in [1.54, 1.807) is 0 Å². The van der Waals surface area contributed by atoms with Crippen LogP contribution in [0.3, 0.4) is 0 Å². The van der Waals surface area contributed by atoms with Crippen molar-refractivity contribution >= 4 is 37.2 Å². The SMILES string of the molecule is CCCCCNC(=O)c1cc(Cl)cc(S(=O)(=O)Cl)c1OC. The van der Waals surface area contributed by atoms with Crippen LogP contribution < -0.4 is 10.1 Å². The van der Waals surface area contributed by atoms with Gasteiger partial charge in [0, 0.05) is 22.2 Å². The minimum absolute atomic E-state index is 0.0423. The van der Waals surface area contributed by atoms with Crippen LogP contribution >= 0.6 is 22.3 Å². The van der Waals surface area contributed by atoms with Crippen molar-refractivity contribution in [3.63, 3.8) is 0 Å². The normalized spacial score (nSPS) is 11.2. The minimum atomic E-state index is -4.07. The topological polar surface area (TPSA) is 72.5 Å². The molecule has 0 aliphatic heterocycles. The van der Waals surface area contributed by atoms with Gasteiger partial charge in [-0.3, -0.25) is 4.79 Å². The highest BCUT2D eigenvalue weighted by Crippen LogP contribution is 2.33. The Hall–Kier alpha value is -0.980. The molecule has 0 spiro atoms. The molecule has 0 heterocycles. The first-order valence-electron chi connectivity index (χ1n) is 6.41. The molecule has 0 unspecified atom stereocenters. The number of amides is 1. The lowest BCUT2D eigenvalue weighted by atomic mass is 10.1. The number of ether oxygens (including phenoxy) is 1. The van der Waals surface area contributed by atoms with Crippen molar-refractivity contribution in [2.75, 3.05) is 13.7 Å². The van der Waals surface area contributed by atoms with Crippen LogP contribution in [0, 0.1) is 0 Å². The Morgan fingerprint density at radius 2 is 2.00 bits per heavy atom. The van der Waals surface area contributed by atoms with Crippen LogP contribution in [0.4, 0.5) is 0 Å². The van der Waals surface area contributed by atoms with Gasteiger partial charge in [-0.1, -0.05) is 31.4 Å². The molecule has 1 rings (SSSR count). The van der Waals surface area contributed by atoms with Crippen molar-refractivity contribution in [3.05, 3.63) is 22.7 Å². The first-order valence-corrected chi connectivity index (χ1v) is 9.10. The highest BCUT2D eigenvalue weighted by Gasteiger charge is 2.24. The predicted octanol–water partition coefficient (Wildman–Crippen LogP) is 3.20. The molecule has 0 atom stereocenters. The number of methoxy groups -OCH3 is 1. The summed E-state index contributed by atoms with van der Waals surface area (Å²) in [5.74, 6) is -0.561. The fourth-order valence-corrected chi connectivity index (χ4v) is 3.11. The Morgan fingerprint density at radius 3 is 2.52 bits per heavy atom. The molecule has 118 valence electrons. The van der Waals surface area contributed by atoms with E-state index in [-0.39, 0.29) is 21.2 Å². The molecule has 0 bridgehead atoms. The van der Waals surface area contributed by atoms with E-state index in [9.17, 15) is 13.2 Å². The van der Waals surface area contributed by atoms with Gasteiger partial charge in [-0.25, -0.2) is 8.42 Å². The third-order valence-electron chi connectivity index (χ3n) is 2.80. The molecule has 0 saturated carbocycles. The smallest absolute Gasteiger partial charge is 0.265 e. The predicted molar refractivity (Wildman–Crippen MR) is 82.9 cm³/mol. The summed E-state index contributed by atoms with van der Waals surface area (Å²) < 4.78 is 28.1. The van der Waals surface area contributed by atoms with Gasteiger partial charge in [0.2, 0.25) is 0 Å². The van der Waals surface area contributed by atoms with Crippen LogP contribution in [0.1, 0.15) is 36.5 Å². The Balaban J connectivity index is 3.12. The van der Waals surface area contributed by atoms with E-state index in [1.165, 1.54) is 13.2 Å². The zero-order valence-corrected chi connectivity index (χ0v) is 14.1. The quantitative estimate of drug-likeness (QED) is 0.603. The van der Waals surface area contributed by atoms with E-state index in [1.807, 2.05) is 0 Å². The van der Waals surface area contributed by atoms with Gasteiger partial charge in [0.1, 0.15) is 4.90 Å². The molecule has 0 aromatic heterocycles. The van der Waals surface area contributed by atoms with E-state index in [2.05, 4.69) is 12.2 Å². The Morgan fingerprint density at radius 1 is 1.33 bits per heavy atom. The van der Waals surface area contributed by atoms with E-state index in [0.717, 1.165) is 25.3 Å². The van der Waals surface area contributed by atoms with Crippen LogP contribution in [-0.4, -0.2) is 28.0 Å². The van der Waals surface area contributed by atoms with Crippen LogP contribution in [0.5, 0.6) is 5.75 Å². The molecule has 0 aliphatic carbocycles. The number of hydrogen-bond acceptors (Lipinski definition) is 4. The second kappa shape index (κ2) is 7.87. The lowest BCUT2D eigenvalue weighted by molar-refractivity contribution is 0.0949. The third kappa shape index (κ3) is 5.05. The maximum atomic E-state index is 12.1. The number of carbonyl (C=O) groups excluding carboxylic acids is 1. The lowest BCUT2D eigenvalue weighted by Gasteiger charge is -2.12. The lowest BCUT2D eigenvalue weighted by Crippen LogP contribution is -2.25. The van der Waals surface area contributed by atoms with Crippen LogP contribution in [0.25, 0.3) is 0 Å². The molecular formula is C13H17Cl2NO4S. The molecule has 1 aromatic carbocycles. The van der Waals surface area contributed by atoms with Crippen molar-refractivity contribution in [1.82, 2.24) is 5.32 Å². The maximum Gasteiger partial charge on any atom is 0.265 e. The minimum Gasteiger partial charge on any atom is -0.494 e. The average molecular weight is 354 g/mol. The van der Waals surface area contributed by atoms with Gasteiger partial charge in [0.25, 0.3) is 15.0 Å². The van der Waals surface area contributed by atoms with E-state index < -0.39 is 15.0 Å². The Bertz CT molecular complexity index is 617. The van der Waals surface area contributed by atoms with Crippen molar-refractivity contribution < 1.29 is 17.9 Å². The largest absolute Gasteiger partial charge is 0.494 e. The first kappa shape index (κ1) is 18.1. The molecule has 0 radical (unpaired) electrons. The van der Waals surface area contributed by atoms with Crippen LogP contribution in [0.2, 0.25) is 5.02 Å². The number of benzene rings is 1. The number of halogens is 2. The molecule has 0 fully saturated rings. The summed E-state index contributed by atoms with van der Waals surface area (Å²) in [6.07, 6.45) is 2.87. The maximum absolute atomic E-state index is 12.1. The van der Waals surface area contributed by atoms with Gasteiger partial charge in [-0.15, -0.1) is 0 Å². The molecule has 0 aliphatic rings. The van der Waals surface area contributed by atoms with E-state index in [4.69, 9.17) is 27.0 Å². The zero-order chi connectivity index (χ0) is 16.0. The number of nitrogens with one attached hydrogen (secondary N) is 1. The van der Waals surface area contributed by atoms with Crippen molar-refractivity contribution in [2.24, 2.45) is 0 Å². The first-order chi connectivity index (χ1) is 9.81. The molecule has 21 heavy (non-hydrogen) atoms. The van der Waals surface area contributed by atoms with Crippen molar-refractivity contribution in [3.8, 4) is 5.75 Å². The summed E-state index contributed by atoms with van der Waals surface area (Å²) in [5.41, 5.74) is 0.0423. The fourth-order valence-electron chi connectivity index (χ4n) is 1.80. The second-order valence-electron chi connectivity index (χ2n) is 4.39. The van der Waals surface area contributed by atoms with Crippen LogP contribution in [0.15, 0.2) is 17.0 Å². The summed E-state index contributed by atoms with van der Waals surface area (Å²) in [4.78, 5) is 11.8. The number of hydrogen-bond donors (Lipinski definition) is 1. The highest BCUT2D eigenvalue weighted by molar-refractivity contribution is 8.13. The number of rotatable bonds is 7. The summed E-state index contributed by atoms with van der Waals surface area (Å²) in [5, 5.41) is 2.79. The molecular weight excluding hydrogens is 337 g/mol. The molecule has 8 heteroatoms. The van der Waals surface area contributed by atoms with E-state index >= 15 is 0 Å². The summed E-state index contributed by atoms with van der Waals surface area (Å²) in [6, 6.07) is 2.50. The Labute approximate surface area is 134 Å². The zero-order valence-electron chi connectivity index (χ0n) is 11.8. The molecule has 1 amide bonds. The monoisotopic (exact) mass is 353 g/mol. The van der Waals surface area contributed by atoms with Gasteiger partial charge < -0.3 is 10.1 Å². The van der Waals surface area contributed by atoms with Crippen molar-refractivity contribution in [1.29, 1.82) is 0 Å². The molecule has 5 nitrogen and oxygen atoms in total. The second-order valence-corrected chi connectivity index (χ2v) is 7.36. The Kier molecular flexibility index (Phi) is 6.77. The van der Waals surface area contributed by atoms with Gasteiger partial charge >= 0.3 is 0 Å². The van der Waals surface area contributed by atoms with Gasteiger partial charge in [-0.2, -0.15) is 0 Å². The highest BCUT2D eigenvalue weighted by atomic mass is 35.7.